The van der Waals surface area contributed by atoms with Crippen LogP contribution in [0.1, 0.15) is 58.4 Å². The highest BCUT2D eigenvalue weighted by molar-refractivity contribution is 5.68. The van der Waals surface area contributed by atoms with Gasteiger partial charge in [0.25, 0.3) is 5.56 Å². The first-order valence-electron chi connectivity index (χ1n) is 11.5. The number of anilines is 2. The van der Waals surface area contributed by atoms with Gasteiger partial charge in [0.1, 0.15) is 11.7 Å². The van der Waals surface area contributed by atoms with Gasteiger partial charge in [0.05, 0.1) is 23.4 Å². The van der Waals surface area contributed by atoms with Crippen LogP contribution in [0.2, 0.25) is 0 Å². The zero-order valence-electron chi connectivity index (χ0n) is 20.8. The third-order valence-electron chi connectivity index (χ3n) is 5.21. The van der Waals surface area contributed by atoms with Crippen molar-refractivity contribution in [1.29, 1.82) is 0 Å². The molecular formula is C24H31F3N4O4. The maximum Gasteiger partial charge on any atom is 0.416 e. The fraction of sp³-hybridized carbons (Fsp3) is 0.542. The summed E-state index contributed by atoms with van der Waals surface area (Å²) in [6.07, 6.45) is -5.04. The molecule has 3 rings (SSSR count). The van der Waals surface area contributed by atoms with Crippen LogP contribution in [-0.2, 0) is 23.9 Å². The first-order chi connectivity index (χ1) is 16.2. The molecule has 1 aromatic carbocycles. The molecule has 11 heteroatoms. The van der Waals surface area contributed by atoms with Crippen LogP contribution in [0.3, 0.4) is 0 Å². The summed E-state index contributed by atoms with van der Waals surface area (Å²) >= 11 is 0. The second-order valence-electron chi connectivity index (χ2n) is 9.53. The summed E-state index contributed by atoms with van der Waals surface area (Å²) in [6.45, 7) is 11.2. The van der Waals surface area contributed by atoms with Crippen molar-refractivity contribution in [2.24, 2.45) is 0 Å². The number of halogens is 3. The van der Waals surface area contributed by atoms with E-state index in [4.69, 9.17) is 9.57 Å². The number of hydrogen-bond donors (Lipinski definition) is 0. The van der Waals surface area contributed by atoms with Gasteiger partial charge in [-0.1, -0.05) is 0 Å². The zero-order chi connectivity index (χ0) is 26.1. The van der Waals surface area contributed by atoms with E-state index >= 15 is 0 Å². The Balaban J connectivity index is 2.04. The molecule has 2 aromatic rings. The summed E-state index contributed by atoms with van der Waals surface area (Å²) in [4.78, 5) is 39.6. The number of fused-ring (bicyclic) bond motifs is 1. The van der Waals surface area contributed by atoms with Crippen LogP contribution in [0.25, 0.3) is 0 Å². The first kappa shape index (κ1) is 26.4. The minimum Gasteiger partial charge on any atom is -0.444 e. The summed E-state index contributed by atoms with van der Waals surface area (Å²) in [7, 11) is 0. The van der Waals surface area contributed by atoms with Crippen molar-refractivity contribution in [3.05, 3.63) is 51.4 Å². The molecule has 1 aliphatic rings. The molecule has 0 unspecified atom stereocenters. The minimum absolute atomic E-state index is 0.0181. The second-order valence-corrected chi connectivity index (χ2v) is 9.53. The van der Waals surface area contributed by atoms with Crippen LogP contribution in [0.15, 0.2) is 29.1 Å². The molecule has 0 spiro atoms. The van der Waals surface area contributed by atoms with E-state index in [9.17, 15) is 22.8 Å². The van der Waals surface area contributed by atoms with Crippen LogP contribution in [0, 0.1) is 0 Å². The smallest absolute Gasteiger partial charge is 0.416 e. The minimum atomic E-state index is -4.46. The Labute approximate surface area is 202 Å². The Kier molecular flexibility index (Phi) is 7.37. The van der Waals surface area contributed by atoms with Crippen molar-refractivity contribution in [1.82, 2.24) is 14.6 Å². The largest absolute Gasteiger partial charge is 0.444 e. The van der Waals surface area contributed by atoms with E-state index in [-0.39, 0.29) is 18.6 Å². The first-order valence-corrected chi connectivity index (χ1v) is 11.5. The third kappa shape index (κ3) is 6.07. The second kappa shape index (κ2) is 9.79. The van der Waals surface area contributed by atoms with Crippen molar-refractivity contribution in [2.75, 3.05) is 18.0 Å². The average Bonchev–Trinajstić information content (AvgIpc) is 2.75. The number of aromatic nitrogens is 2. The van der Waals surface area contributed by atoms with Crippen LogP contribution >= 0.6 is 0 Å². The molecule has 0 fully saturated rings. The number of alkyl halides is 3. The molecule has 2 heterocycles. The van der Waals surface area contributed by atoms with Gasteiger partial charge in [-0.2, -0.15) is 13.2 Å². The van der Waals surface area contributed by atoms with E-state index in [1.54, 1.807) is 46.4 Å². The monoisotopic (exact) mass is 496 g/mol. The molecule has 0 N–H and O–H groups in total. The lowest BCUT2D eigenvalue weighted by Gasteiger charge is -2.32. The van der Waals surface area contributed by atoms with Crippen LogP contribution in [0.4, 0.5) is 29.6 Å². The molecule has 1 aliphatic heterocycles. The number of nitrogens with zero attached hydrogens (tertiary/aromatic N) is 4. The Hall–Kier alpha value is -3.24. The highest BCUT2D eigenvalue weighted by Gasteiger charge is 2.32. The van der Waals surface area contributed by atoms with E-state index < -0.39 is 29.0 Å². The van der Waals surface area contributed by atoms with E-state index in [1.165, 1.54) is 17.0 Å². The number of carbonyl (C=O) groups excluding carboxylic acids is 1. The van der Waals surface area contributed by atoms with Crippen LogP contribution in [-0.4, -0.2) is 45.5 Å². The summed E-state index contributed by atoms with van der Waals surface area (Å²) in [6, 6.07) is 4.64. The van der Waals surface area contributed by atoms with E-state index in [0.29, 0.717) is 36.5 Å². The van der Waals surface area contributed by atoms with Gasteiger partial charge in [-0.25, -0.2) is 9.78 Å². The molecule has 1 amide bonds. The number of rotatable bonds is 5. The molecule has 0 saturated carbocycles. The van der Waals surface area contributed by atoms with E-state index in [0.717, 1.165) is 16.9 Å². The lowest BCUT2D eigenvalue weighted by molar-refractivity contribution is -0.137. The number of ether oxygens (including phenoxy) is 1. The van der Waals surface area contributed by atoms with Gasteiger partial charge in [0.2, 0.25) is 5.95 Å². The molecule has 0 bridgehead atoms. The predicted octanol–water partition coefficient (Wildman–Crippen LogP) is 4.55. The Morgan fingerprint density at radius 2 is 1.80 bits per heavy atom. The molecule has 192 valence electrons. The summed E-state index contributed by atoms with van der Waals surface area (Å²) in [5.41, 5.74) is -0.663. The summed E-state index contributed by atoms with van der Waals surface area (Å²) in [5, 5.41) is 0. The van der Waals surface area contributed by atoms with Gasteiger partial charge in [-0.15, -0.1) is 4.73 Å². The molecule has 0 saturated heterocycles. The summed E-state index contributed by atoms with van der Waals surface area (Å²) in [5.74, 6) is 0.162. The van der Waals surface area contributed by atoms with Crippen LogP contribution in [0.5, 0.6) is 0 Å². The van der Waals surface area contributed by atoms with Gasteiger partial charge in [0, 0.05) is 25.2 Å². The Bertz CT molecular complexity index is 1120. The average molecular weight is 497 g/mol. The van der Waals surface area contributed by atoms with Crippen molar-refractivity contribution in [2.45, 2.75) is 72.4 Å². The van der Waals surface area contributed by atoms with E-state index in [2.05, 4.69) is 4.98 Å². The molecular weight excluding hydrogens is 465 g/mol. The van der Waals surface area contributed by atoms with Gasteiger partial charge in [0.15, 0.2) is 0 Å². The Morgan fingerprint density at radius 3 is 2.31 bits per heavy atom. The topological polar surface area (TPSA) is 76.9 Å². The number of hydrogen-bond acceptors (Lipinski definition) is 6. The standard InChI is InChI=1S/C24H31F3N4O4/c1-7-30(17-10-8-16(9-11-17)24(25,26)27)21-28-19-12-13-29(22(33)34-23(4,5)6)14-18(19)20(32)31(21)35-15(2)3/h8-11,15H,7,12-14H2,1-6H3. The fourth-order valence-electron chi connectivity index (χ4n) is 3.67. The third-order valence-corrected chi connectivity index (χ3v) is 5.21. The van der Waals surface area contributed by atoms with Gasteiger partial charge >= 0.3 is 12.3 Å². The van der Waals surface area contributed by atoms with Crippen molar-refractivity contribution < 1.29 is 27.5 Å². The maximum atomic E-state index is 13.5. The summed E-state index contributed by atoms with van der Waals surface area (Å²) < 4.78 is 45.6. The quantitative estimate of drug-likeness (QED) is 0.605. The molecule has 0 radical (unpaired) electrons. The number of amides is 1. The molecule has 0 atom stereocenters. The van der Waals surface area contributed by atoms with Gasteiger partial charge in [-0.05, 0) is 65.8 Å². The van der Waals surface area contributed by atoms with Crippen molar-refractivity contribution >= 4 is 17.7 Å². The van der Waals surface area contributed by atoms with Gasteiger partial charge in [-0.3, -0.25) is 4.79 Å². The lowest BCUT2D eigenvalue weighted by atomic mass is 10.1. The highest BCUT2D eigenvalue weighted by Crippen LogP contribution is 2.32. The predicted molar refractivity (Wildman–Crippen MR) is 125 cm³/mol. The van der Waals surface area contributed by atoms with E-state index in [1.807, 2.05) is 0 Å². The Morgan fingerprint density at radius 1 is 1.17 bits per heavy atom. The van der Waals surface area contributed by atoms with Crippen molar-refractivity contribution in [3.8, 4) is 0 Å². The molecule has 1 aromatic heterocycles. The van der Waals surface area contributed by atoms with Crippen molar-refractivity contribution in [3.63, 3.8) is 0 Å². The molecule has 0 aliphatic carbocycles. The highest BCUT2D eigenvalue weighted by atomic mass is 19.4. The zero-order valence-corrected chi connectivity index (χ0v) is 20.8. The molecule has 35 heavy (non-hydrogen) atoms. The lowest BCUT2D eigenvalue weighted by Crippen LogP contribution is -2.45. The molecule has 8 nitrogen and oxygen atoms in total. The maximum absolute atomic E-state index is 13.5. The number of carbonyl (C=O) groups is 1. The SMILES string of the molecule is CCN(c1ccc(C(F)(F)F)cc1)c1nc2c(c(=O)n1OC(C)C)CN(C(=O)OC(C)(C)C)CC2. The van der Waals surface area contributed by atoms with Gasteiger partial charge < -0.3 is 19.4 Å². The fourth-order valence-corrected chi connectivity index (χ4v) is 3.67. The number of benzene rings is 1. The normalized spacial score (nSPS) is 14.1. The van der Waals surface area contributed by atoms with Crippen LogP contribution < -0.4 is 15.3 Å².